The molecule has 18 nitrogen and oxygen atoms in total. The lowest BCUT2D eigenvalue weighted by Crippen LogP contribution is -2.31. The molecule has 1 aromatic rings. The van der Waals surface area contributed by atoms with Gasteiger partial charge in [0.05, 0.1) is 78.2 Å². The molecule has 0 aliphatic carbocycles. The summed E-state index contributed by atoms with van der Waals surface area (Å²) < 4.78 is 48.4. The van der Waals surface area contributed by atoms with Gasteiger partial charge in [0.25, 0.3) is 0 Å². The summed E-state index contributed by atoms with van der Waals surface area (Å²) in [6, 6.07) is 6.41. The van der Waals surface area contributed by atoms with Crippen molar-refractivity contribution in [1.82, 2.24) is 10.6 Å². The maximum Gasteiger partial charge on any atom is 0.335 e. The maximum absolute atomic E-state index is 12.0. The molecule has 62 heavy (non-hydrogen) atoms. The Kier molecular flexibility index (Phi) is 37.3. The number of amides is 2. The topological polar surface area (TPSA) is 230 Å². The van der Waals surface area contributed by atoms with Crippen LogP contribution in [0.3, 0.4) is 0 Å². The molecule has 0 fully saturated rings. The van der Waals surface area contributed by atoms with Gasteiger partial charge in [-0.05, 0) is 56.9 Å². The van der Waals surface area contributed by atoms with Crippen LogP contribution in [0.4, 0.5) is 0 Å². The zero-order valence-corrected chi connectivity index (χ0v) is 36.8. The van der Waals surface area contributed by atoms with Crippen LogP contribution in [0.1, 0.15) is 94.3 Å². The van der Waals surface area contributed by atoms with Gasteiger partial charge in [0, 0.05) is 45.6 Å². The number of carbonyl (C=O) groups is 6. The van der Waals surface area contributed by atoms with E-state index in [0.29, 0.717) is 117 Å². The number of benzene rings is 1. The Morgan fingerprint density at radius 1 is 0.435 bits per heavy atom. The van der Waals surface area contributed by atoms with E-state index in [9.17, 15) is 28.8 Å². The fraction of sp³-hybridized carbons (Fsp3) is 0.727. The van der Waals surface area contributed by atoms with E-state index >= 15 is 0 Å². The third-order valence-corrected chi connectivity index (χ3v) is 8.60. The molecule has 18 heteroatoms. The minimum absolute atomic E-state index is 0.000149. The van der Waals surface area contributed by atoms with E-state index in [4.69, 9.17) is 47.7 Å². The van der Waals surface area contributed by atoms with E-state index in [1.807, 2.05) is 0 Å². The van der Waals surface area contributed by atoms with E-state index in [1.54, 1.807) is 12.1 Å². The normalized spacial score (nSPS) is 11.0. The van der Waals surface area contributed by atoms with Gasteiger partial charge in [-0.3, -0.25) is 24.0 Å². The molecule has 0 heterocycles. The van der Waals surface area contributed by atoms with Crippen molar-refractivity contribution in [1.29, 1.82) is 0 Å². The number of carbonyl (C=O) groups excluding carboxylic acids is 5. The smallest absolute Gasteiger partial charge is 0.335 e. The number of carboxylic acids is 1. The first-order chi connectivity index (χ1) is 30.2. The van der Waals surface area contributed by atoms with Crippen molar-refractivity contribution in [2.24, 2.45) is 0 Å². The monoisotopic (exact) mass is 884 g/mol. The summed E-state index contributed by atoms with van der Waals surface area (Å²) in [6.45, 7) is 6.64. The van der Waals surface area contributed by atoms with Crippen LogP contribution in [0, 0.1) is 0 Å². The van der Waals surface area contributed by atoms with Crippen LogP contribution in [0.5, 0.6) is 5.75 Å². The zero-order chi connectivity index (χ0) is 45.1. The van der Waals surface area contributed by atoms with Gasteiger partial charge < -0.3 is 58.4 Å². The number of carboxylic acid groups (broad SMARTS) is 1. The quantitative estimate of drug-likeness (QED) is 0.0796. The van der Waals surface area contributed by atoms with Gasteiger partial charge >= 0.3 is 5.97 Å². The number of ether oxygens (including phenoxy) is 9. The molecular formula is C44H72N2O16. The van der Waals surface area contributed by atoms with Crippen molar-refractivity contribution in [2.45, 2.75) is 84.0 Å². The van der Waals surface area contributed by atoms with Gasteiger partial charge in [-0.1, -0.05) is 32.1 Å². The lowest BCUT2D eigenvalue weighted by molar-refractivity contribution is -0.127. The summed E-state index contributed by atoms with van der Waals surface area (Å²) in [5, 5.41) is 14.5. The third-order valence-electron chi connectivity index (χ3n) is 8.60. The Morgan fingerprint density at radius 3 is 1.39 bits per heavy atom. The van der Waals surface area contributed by atoms with Crippen LogP contribution in [0.25, 0.3) is 0 Å². The Labute approximate surface area is 366 Å². The van der Waals surface area contributed by atoms with Crippen molar-refractivity contribution in [3.63, 3.8) is 0 Å². The minimum Gasteiger partial charge on any atom is -0.494 e. The van der Waals surface area contributed by atoms with Crippen LogP contribution in [0.2, 0.25) is 0 Å². The van der Waals surface area contributed by atoms with E-state index in [2.05, 4.69) is 10.6 Å². The summed E-state index contributed by atoms with van der Waals surface area (Å²) in [6.07, 6.45) is 9.45. The number of nitrogens with one attached hydrogen (secondary N) is 2. The first-order valence-electron chi connectivity index (χ1n) is 21.8. The third kappa shape index (κ3) is 37.8. The maximum atomic E-state index is 12.0. The fourth-order valence-corrected chi connectivity index (χ4v) is 5.34. The summed E-state index contributed by atoms with van der Waals surface area (Å²) >= 11 is 0. The summed E-state index contributed by atoms with van der Waals surface area (Å²) in [5.74, 6) is -0.645. The fourth-order valence-electron chi connectivity index (χ4n) is 5.34. The Hall–Kier alpha value is -3.88. The number of ketones is 3. The molecule has 1 aromatic carbocycles. The summed E-state index contributed by atoms with van der Waals surface area (Å²) in [4.78, 5) is 69.4. The summed E-state index contributed by atoms with van der Waals surface area (Å²) in [5.41, 5.74) is 0.242. The molecule has 0 saturated heterocycles. The second kappa shape index (κ2) is 41.1. The van der Waals surface area contributed by atoms with Crippen molar-refractivity contribution in [3.05, 3.63) is 29.8 Å². The number of hydrogen-bond acceptors (Lipinski definition) is 15. The van der Waals surface area contributed by atoms with Crippen LogP contribution < -0.4 is 15.4 Å². The van der Waals surface area contributed by atoms with Crippen molar-refractivity contribution in [3.8, 4) is 5.75 Å². The predicted octanol–water partition coefficient (Wildman–Crippen LogP) is 3.54. The largest absolute Gasteiger partial charge is 0.494 e. The highest BCUT2D eigenvalue weighted by molar-refractivity contribution is 5.87. The lowest BCUT2D eigenvalue weighted by Gasteiger charge is -2.08. The van der Waals surface area contributed by atoms with Crippen molar-refractivity contribution < 1.29 is 76.5 Å². The minimum atomic E-state index is -0.953. The molecule has 0 unspecified atom stereocenters. The van der Waals surface area contributed by atoms with Crippen LogP contribution in [-0.2, 0) is 61.9 Å². The molecule has 2 amide bonds. The van der Waals surface area contributed by atoms with Gasteiger partial charge in [-0.2, -0.15) is 0 Å². The molecule has 3 N–H and O–H groups in total. The van der Waals surface area contributed by atoms with Crippen LogP contribution in [-0.4, -0.2) is 166 Å². The molecular weight excluding hydrogens is 812 g/mol. The molecule has 1 rings (SSSR count). The van der Waals surface area contributed by atoms with Gasteiger partial charge in [0.2, 0.25) is 11.8 Å². The second-order valence-electron chi connectivity index (χ2n) is 14.2. The predicted molar refractivity (Wildman–Crippen MR) is 228 cm³/mol. The average molecular weight is 885 g/mol. The Bertz CT molecular complexity index is 1330. The molecule has 0 spiro atoms. The van der Waals surface area contributed by atoms with Crippen molar-refractivity contribution >= 4 is 35.1 Å². The average Bonchev–Trinajstić information content (AvgIpc) is 3.25. The standard InChI is InChI=1S/C44H72N2O16/c1-37(47)33-58-29-25-54-20-9-11-39(48)35-60-31-28-57-24-19-46-43(51)36-61-32-26-55-21-10-12-40(49)34-59-30-27-56-23-18-45-42(50)13-7-5-3-2-4-6-8-22-62-41-16-14-38(15-17-41)44(52)53/h14-17H,2-13,18-36H2,1H3,(H,45,50)(H,46,51)(H,52,53). The number of rotatable bonds is 46. The van der Waals surface area contributed by atoms with E-state index in [1.165, 1.54) is 19.1 Å². The molecule has 0 aromatic heterocycles. The molecule has 0 radical (unpaired) electrons. The molecule has 0 aliphatic heterocycles. The summed E-state index contributed by atoms with van der Waals surface area (Å²) in [7, 11) is 0. The van der Waals surface area contributed by atoms with Gasteiger partial charge in [-0.15, -0.1) is 0 Å². The van der Waals surface area contributed by atoms with E-state index in [0.717, 1.165) is 44.9 Å². The number of Topliss-reactive ketones (excluding diaryl/α,β-unsaturated/α-hetero) is 3. The van der Waals surface area contributed by atoms with Gasteiger partial charge in [0.1, 0.15) is 32.2 Å². The highest BCUT2D eigenvalue weighted by Gasteiger charge is 2.07. The highest BCUT2D eigenvalue weighted by Crippen LogP contribution is 2.14. The molecule has 0 aliphatic rings. The second-order valence-corrected chi connectivity index (χ2v) is 14.2. The van der Waals surface area contributed by atoms with Crippen molar-refractivity contribution in [2.75, 3.05) is 125 Å². The molecule has 0 bridgehead atoms. The SMILES string of the molecule is CC(=O)COCCOCCCC(=O)COCCOCCNC(=O)COCCOCCCC(=O)COCCOCCNC(=O)CCCCCCCCCOc1ccc(C(=O)O)cc1. The van der Waals surface area contributed by atoms with Gasteiger partial charge in [-0.25, -0.2) is 4.79 Å². The van der Waals surface area contributed by atoms with Crippen LogP contribution in [0.15, 0.2) is 24.3 Å². The molecule has 0 atom stereocenters. The van der Waals surface area contributed by atoms with E-state index < -0.39 is 5.97 Å². The number of aromatic carboxylic acids is 1. The number of hydrogen-bond donors (Lipinski definition) is 3. The van der Waals surface area contributed by atoms with E-state index in [-0.39, 0.29) is 81.0 Å². The van der Waals surface area contributed by atoms with Crippen LogP contribution >= 0.6 is 0 Å². The molecule has 0 saturated carbocycles. The Balaban J connectivity index is 1.76. The van der Waals surface area contributed by atoms with Gasteiger partial charge in [0.15, 0.2) is 17.3 Å². The first kappa shape index (κ1) is 56.1. The number of unbranched alkanes of at least 4 members (excludes halogenated alkanes) is 6. The Morgan fingerprint density at radius 2 is 0.871 bits per heavy atom. The molecule has 354 valence electrons. The zero-order valence-electron chi connectivity index (χ0n) is 36.8. The first-order valence-corrected chi connectivity index (χ1v) is 21.8. The lowest BCUT2D eigenvalue weighted by atomic mass is 10.1. The highest BCUT2D eigenvalue weighted by atomic mass is 16.5.